The number of unbranched alkanes of at least 4 members (excludes halogenated alkanes) is 6. The normalized spacial score (nSPS) is 10.8. The molecule has 0 spiro atoms. The van der Waals surface area contributed by atoms with Crippen LogP contribution in [0.2, 0.25) is 0 Å². The Kier molecular flexibility index (Phi) is 36.0. The minimum atomic E-state index is -3.11. The van der Waals surface area contributed by atoms with E-state index in [0.29, 0.717) is 0 Å². The first kappa shape index (κ1) is 34.6. The van der Waals surface area contributed by atoms with Crippen molar-refractivity contribution in [2.45, 2.75) is 119 Å². The summed E-state index contributed by atoms with van der Waals surface area (Å²) in [7, 11) is 0. The van der Waals surface area contributed by atoms with Crippen LogP contribution in [0.15, 0.2) is 0 Å². The highest BCUT2D eigenvalue weighted by molar-refractivity contribution is 7.72. The van der Waals surface area contributed by atoms with Gasteiger partial charge in [0.05, 0.1) is 39.3 Å². The van der Waals surface area contributed by atoms with Crippen LogP contribution < -0.4 is 9.80 Å². The summed E-state index contributed by atoms with van der Waals surface area (Å²) in [5.41, 5.74) is 0. The van der Waals surface area contributed by atoms with Crippen molar-refractivity contribution >= 4 is 11.4 Å². The molecule has 0 aromatic rings. The first-order valence-corrected chi connectivity index (χ1v) is 13.9. The molecule has 5 nitrogen and oxygen atoms in total. The highest BCUT2D eigenvalue weighted by Gasteiger charge is 2.06. The molecule has 0 saturated heterocycles. The molecule has 0 aromatic heterocycles. The SMILES string of the molecule is CCCC[NH+](CCCC)CCCC.CCCC[NH+](CCCC)CCCC.O=S([O-])[O-]. The Bertz CT molecular complexity index is 255. The average Bonchev–Trinajstić information content (AvgIpc) is 2.72. The van der Waals surface area contributed by atoms with Crippen molar-refractivity contribution in [2.75, 3.05) is 39.3 Å². The summed E-state index contributed by atoms with van der Waals surface area (Å²) < 4.78 is 25.3. The number of rotatable bonds is 18. The fourth-order valence-electron chi connectivity index (χ4n) is 3.31. The standard InChI is InChI=1S/2C12H27N.H2O3S/c2*1-4-7-10-13(11-8-5-2)12-9-6-3;1-4(2)3/h2*4-12H2,1-3H3;(H2,1,2,3). The summed E-state index contributed by atoms with van der Waals surface area (Å²) in [6.45, 7) is 22.1. The Morgan fingerprint density at radius 3 is 0.700 bits per heavy atom. The second-order valence-corrected chi connectivity index (χ2v) is 8.73. The van der Waals surface area contributed by atoms with E-state index < -0.39 is 11.4 Å². The van der Waals surface area contributed by atoms with E-state index in [4.69, 9.17) is 13.3 Å². The van der Waals surface area contributed by atoms with Crippen molar-refractivity contribution < 1.29 is 23.1 Å². The summed E-state index contributed by atoms with van der Waals surface area (Å²) in [6.07, 6.45) is 16.5. The van der Waals surface area contributed by atoms with Gasteiger partial charge in [-0.2, -0.15) is 0 Å². The third-order valence-corrected chi connectivity index (χ3v) is 5.30. The lowest BCUT2D eigenvalue weighted by molar-refractivity contribution is -0.900. The first-order valence-electron chi connectivity index (χ1n) is 12.9. The van der Waals surface area contributed by atoms with Crippen LogP contribution in [0.25, 0.3) is 0 Å². The Hall–Kier alpha value is -0.0100. The molecule has 0 fully saturated rings. The number of quaternary nitrogens is 2. The minimum Gasteiger partial charge on any atom is -0.784 e. The van der Waals surface area contributed by atoms with E-state index in [1.165, 1.54) is 116 Å². The summed E-state index contributed by atoms with van der Waals surface area (Å²) in [6, 6.07) is 0. The van der Waals surface area contributed by atoms with Gasteiger partial charge in [0.25, 0.3) is 0 Å². The van der Waals surface area contributed by atoms with Crippen molar-refractivity contribution in [2.24, 2.45) is 0 Å². The topological polar surface area (TPSA) is 72.1 Å². The van der Waals surface area contributed by atoms with E-state index >= 15 is 0 Å². The molecule has 0 saturated carbocycles. The predicted octanol–water partition coefficient (Wildman–Crippen LogP) is 3.54. The summed E-state index contributed by atoms with van der Waals surface area (Å²) >= 11 is -3.11. The van der Waals surface area contributed by atoms with Gasteiger partial charge in [0.15, 0.2) is 0 Å². The molecule has 0 rings (SSSR count). The number of hydrogen-bond donors (Lipinski definition) is 2. The fourth-order valence-corrected chi connectivity index (χ4v) is 3.31. The minimum absolute atomic E-state index is 1.35. The molecular weight excluding hydrogens is 396 g/mol. The molecule has 2 N–H and O–H groups in total. The van der Waals surface area contributed by atoms with Crippen LogP contribution in [0.5, 0.6) is 0 Å². The summed E-state index contributed by atoms with van der Waals surface area (Å²) in [4.78, 5) is 3.68. The van der Waals surface area contributed by atoms with Gasteiger partial charge in [0, 0.05) is 0 Å². The lowest BCUT2D eigenvalue weighted by atomic mass is 10.2. The van der Waals surface area contributed by atoms with Crippen LogP contribution in [0, 0.1) is 0 Å². The Labute approximate surface area is 192 Å². The zero-order chi connectivity index (χ0) is 23.5. The van der Waals surface area contributed by atoms with Crippen molar-refractivity contribution in [1.82, 2.24) is 0 Å². The molecule has 30 heavy (non-hydrogen) atoms. The van der Waals surface area contributed by atoms with Crippen LogP contribution in [0.3, 0.4) is 0 Å². The Morgan fingerprint density at radius 2 is 0.600 bits per heavy atom. The van der Waals surface area contributed by atoms with Gasteiger partial charge in [-0.15, -0.1) is 11.4 Å². The largest absolute Gasteiger partial charge is 0.784 e. The molecule has 0 amide bonds. The van der Waals surface area contributed by atoms with Crippen LogP contribution in [-0.4, -0.2) is 52.6 Å². The predicted molar refractivity (Wildman–Crippen MR) is 130 cm³/mol. The zero-order valence-corrected chi connectivity index (χ0v) is 22.2. The number of hydrogen-bond acceptors (Lipinski definition) is 3. The van der Waals surface area contributed by atoms with E-state index in [9.17, 15) is 0 Å². The smallest absolute Gasteiger partial charge is 0.0770 e. The van der Waals surface area contributed by atoms with Gasteiger partial charge in [-0.1, -0.05) is 80.1 Å². The maximum Gasteiger partial charge on any atom is 0.0770 e. The molecule has 6 heteroatoms. The lowest BCUT2D eigenvalue weighted by Crippen LogP contribution is -3.12. The van der Waals surface area contributed by atoms with E-state index in [1.807, 2.05) is 9.80 Å². The van der Waals surface area contributed by atoms with Crippen LogP contribution >= 0.6 is 0 Å². The molecule has 0 aliphatic heterocycles. The van der Waals surface area contributed by atoms with Gasteiger partial charge >= 0.3 is 0 Å². The highest BCUT2D eigenvalue weighted by Crippen LogP contribution is 1.86. The zero-order valence-electron chi connectivity index (χ0n) is 21.4. The van der Waals surface area contributed by atoms with Crippen molar-refractivity contribution in [3.05, 3.63) is 0 Å². The van der Waals surface area contributed by atoms with Gasteiger partial charge in [-0.25, -0.2) is 0 Å². The maximum absolute atomic E-state index is 8.44. The van der Waals surface area contributed by atoms with E-state index in [0.717, 1.165) is 0 Å². The van der Waals surface area contributed by atoms with E-state index in [-0.39, 0.29) is 0 Å². The van der Waals surface area contributed by atoms with Crippen molar-refractivity contribution in [1.29, 1.82) is 0 Å². The molecule has 0 bridgehead atoms. The van der Waals surface area contributed by atoms with Crippen LogP contribution in [-0.2, 0) is 11.4 Å². The molecule has 0 radical (unpaired) electrons. The third kappa shape index (κ3) is 35.4. The molecule has 0 aromatic carbocycles. The highest BCUT2D eigenvalue weighted by atomic mass is 32.2. The van der Waals surface area contributed by atoms with Gasteiger partial charge < -0.3 is 18.9 Å². The van der Waals surface area contributed by atoms with Gasteiger partial charge in [0.1, 0.15) is 0 Å². The van der Waals surface area contributed by atoms with Crippen molar-refractivity contribution in [3.8, 4) is 0 Å². The molecule has 0 aliphatic carbocycles. The molecular formula is C24H56N2O3S. The second-order valence-electron chi connectivity index (χ2n) is 8.33. The van der Waals surface area contributed by atoms with E-state index in [1.54, 1.807) is 0 Å². The van der Waals surface area contributed by atoms with Crippen LogP contribution in [0.4, 0.5) is 0 Å². The molecule has 0 unspecified atom stereocenters. The first-order chi connectivity index (χ1) is 14.4. The Balaban J connectivity index is -0.000000412. The van der Waals surface area contributed by atoms with Crippen molar-refractivity contribution in [3.63, 3.8) is 0 Å². The van der Waals surface area contributed by atoms with Gasteiger partial charge in [0.2, 0.25) is 0 Å². The summed E-state index contributed by atoms with van der Waals surface area (Å²) in [5, 5.41) is 0. The monoisotopic (exact) mass is 452 g/mol. The summed E-state index contributed by atoms with van der Waals surface area (Å²) in [5.74, 6) is 0. The second kappa shape index (κ2) is 31.2. The van der Waals surface area contributed by atoms with Gasteiger partial charge in [-0.05, 0) is 38.5 Å². The number of nitrogens with one attached hydrogen (secondary N) is 2. The fraction of sp³-hybridized carbons (Fsp3) is 1.00. The van der Waals surface area contributed by atoms with Gasteiger partial charge in [-0.3, -0.25) is 4.21 Å². The quantitative estimate of drug-likeness (QED) is 0.312. The third-order valence-electron chi connectivity index (χ3n) is 5.30. The average molecular weight is 453 g/mol. The van der Waals surface area contributed by atoms with E-state index in [2.05, 4.69) is 41.5 Å². The van der Waals surface area contributed by atoms with Crippen LogP contribution in [0.1, 0.15) is 119 Å². The molecule has 0 aliphatic rings. The maximum atomic E-state index is 8.44. The lowest BCUT2D eigenvalue weighted by Gasteiger charge is -2.18. The molecule has 0 atom stereocenters. The Morgan fingerprint density at radius 1 is 0.467 bits per heavy atom. The molecule has 0 heterocycles. The molecule has 186 valence electrons.